The predicted octanol–water partition coefficient (Wildman–Crippen LogP) is 3.45. The SMILES string of the molecule is CC1=C(C)C(c2ccccc2[N+](=O)[O-])CC=N1. The first-order valence-corrected chi connectivity index (χ1v) is 5.54. The highest BCUT2D eigenvalue weighted by atomic mass is 16.6. The van der Waals surface area contributed by atoms with Gasteiger partial charge in [-0.3, -0.25) is 15.1 Å². The summed E-state index contributed by atoms with van der Waals surface area (Å²) in [5.41, 5.74) is 3.04. The Labute approximate surface area is 99.8 Å². The molecule has 0 saturated heterocycles. The third-order valence-electron chi connectivity index (χ3n) is 3.23. The van der Waals surface area contributed by atoms with Gasteiger partial charge in [0.05, 0.1) is 4.92 Å². The Balaban J connectivity index is 2.49. The number of nitro benzene ring substituents is 1. The molecule has 1 aliphatic heterocycles. The molecule has 4 nitrogen and oxygen atoms in total. The van der Waals surface area contributed by atoms with Crippen LogP contribution in [0.25, 0.3) is 0 Å². The van der Waals surface area contributed by atoms with Gasteiger partial charge in [0, 0.05) is 29.5 Å². The third-order valence-corrected chi connectivity index (χ3v) is 3.23. The summed E-state index contributed by atoms with van der Waals surface area (Å²) in [5.74, 6) is 0.0779. The molecule has 0 aromatic heterocycles. The molecule has 1 aromatic carbocycles. The van der Waals surface area contributed by atoms with E-state index in [1.165, 1.54) is 0 Å². The fourth-order valence-electron chi connectivity index (χ4n) is 2.13. The van der Waals surface area contributed by atoms with Gasteiger partial charge in [0.25, 0.3) is 5.69 Å². The van der Waals surface area contributed by atoms with E-state index in [9.17, 15) is 10.1 Å². The largest absolute Gasteiger partial charge is 0.273 e. The van der Waals surface area contributed by atoms with Crippen LogP contribution in [0.1, 0.15) is 31.7 Å². The quantitative estimate of drug-likeness (QED) is 0.577. The van der Waals surface area contributed by atoms with Crippen molar-refractivity contribution in [3.8, 4) is 0 Å². The fraction of sp³-hybridized carbons (Fsp3) is 0.308. The number of allylic oxidation sites excluding steroid dienone is 2. The zero-order chi connectivity index (χ0) is 12.4. The number of nitro groups is 1. The van der Waals surface area contributed by atoms with Crippen LogP contribution in [0.2, 0.25) is 0 Å². The van der Waals surface area contributed by atoms with Gasteiger partial charge in [-0.2, -0.15) is 0 Å². The van der Waals surface area contributed by atoms with Crippen LogP contribution in [0.4, 0.5) is 5.69 Å². The number of benzene rings is 1. The van der Waals surface area contributed by atoms with E-state index in [1.54, 1.807) is 12.1 Å². The summed E-state index contributed by atoms with van der Waals surface area (Å²) >= 11 is 0. The molecule has 1 heterocycles. The van der Waals surface area contributed by atoms with E-state index in [0.29, 0.717) is 0 Å². The molecule has 0 amide bonds. The Morgan fingerprint density at radius 2 is 2.06 bits per heavy atom. The number of aliphatic imine (C=N–C) groups is 1. The number of hydrogen-bond donors (Lipinski definition) is 0. The molecule has 0 bridgehead atoms. The van der Waals surface area contributed by atoms with Crippen LogP contribution >= 0.6 is 0 Å². The molecule has 0 saturated carbocycles. The molecule has 1 aliphatic rings. The van der Waals surface area contributed by atoms with Gasteiger partial charge in [-0.25, -0.2) is 0 Å². The van der Waals surface area contributed by atoms with Gasteiger partial charge >= 0.3 is 0 Å². The minimum Gasteiger partial charge on any atom is -0.266 e. The van der Waals surface area contributed by atoms with Crippen LogP contribution in [0.15, 0.2) is 40.5 Å². The molecule has 0 N–H and O–H groups in total. The summed E-state index contributed by atoms with van der Waals surface area (Å²) < 4.78 is 0. The van der Waals surface area contributed by atoms with Gasteiger partial charge in [0.2, 0.25) is 0 Å². The van der Waals surface area contributed by atoms with Gasteiger partial charge in [0.15, 0.2) is 0 Å². The molecule has 1 aromatic rings. The molecule has 88 valence electrons. The molecule has 0 aliphatic carbocycles. The van der Waals surface area contributed by atoms with E-state index in [2.05, 4.69) is 4.99 Å². The maximum Gasteiger partial charge on any atom is 0.273 e. The monoisotopic (exact) mass is 230 g/mol. The molecule has 17 heavy (non-hydrogen) atoms. The second-order valence-electron chi connectivity index (χ2n) is 4.18. The van der Waals surface area contributed by atoms with E-state index < -0.39 is 0 Å². The lowest BCUT2D eigenvalue weighted by atomic mass is 9.86. The maximum absolute atomic E-state index is 11.0. The lowest BCUT2D eigenvalue weighted by Crippen LogP contribution is -2.09. The summed E-state index contributed by atoms with van der Waals surface area (Å²) in [5, 5.41) is 11.0. The summed E-state index contributed by atoms with van der Waals surface area (Å²) in [6.45, 7) is 3.93. The summed E-state index contributed by atoms with van der Waals surface area (Å²) in [4.78, 5) is 14.9. The van der Waals surface area contributed by atoms with Crippen molar-refractivity contribution in [2.24, 2.45) is 4.99 Å². The third kappa shape index (κ3) is 2.11. The van der Waals surface area contributed by atoms with Gasteiger partial charge in [-0.15, -0.1) is 0 Å². The Morgan fingerprint density at radius 3 is 2.76 bits per heavy atom. The van der Waals surface area contributed by atoms with E-state index in [0.717, 1.165) is 23.3 Å². The summed E-state index contributed by atoms with van der Waals surface area (Å²) in [6.07, 6.45) is 2.57. The topological polar surface area (TPSA) is 55.5 Å². The van der Waals surface area contributed by atoms with Gasteiger partial charge in [-0.1, -0.05) is 18.2 Å². The first kappa shape index (κ1) is 11.5. The van der Waals surface area contributed by atoms with Crippen molar-refractivity contribution in [2.45, 2.75) is 26.2 Å². The van der Waals surface area contributed by atoms with Gasteiger partial charge in [-0.05, 0) is 25.8 Å². The van der Waals surface area contributed by atoms with Crippen LogP contribution < -0.4 is 0 Å². The highest BCUT2D eigenvalue weighted by Crippen LogP contribution is 2.36. The van der Waals surface area contributed by atoms with E-state index in [-0.39, 0.29) is 16.5 Å². The van der Waals surface area contributed by atoms with Crippen LogP contribution in [0, 0.1) is 10.1 Å². The minimum absolute atomic E-state index is 0.0779. The average molecular weight is 230 g/mol. The summed E-state index contributed by atoms with van der Waals surface area (Å²) in [7, 11) is 0. The smallest absolute Gasteiger partial charge is 0.266 e. The molecule has 0 fully saturated rings. The maximum atomic E-state index is 11.0. The average Bonchev–Trinajstić information content (AvgIpc) is 2.33. The van der Waals surface area contributed by atoms with Crippen LogP contribution in [0.5, 0.6) is 0 Å². The van der Waals surface area contributed by atoms with E-state index in [1.807, 2.05) is 32.2 Å². The highest BCUT2D eigenvalue weighted by Gasteiger charge is 2.24. The molecule has 2 rings (SSSR count). The van der Waals surface area contributed by atoms with Crippen molar-refractivity contribution in [2.75, 3.05) is 0 Å². The molecule has 1 atom stereocenters. The van der Waals surface area contributed by atoms with Gasteiger partial charge < -0.3 is 0 Å². The number of para-hydroxylation sites is 1. The summed E-state index contributed by atoms with van der Waals surface area (Å²) in [6, 6.07) is 6.93. The normalized spacial score (nSPS) is 19.5. The molecule has 4 heteroatoms. The molecular weight excluding hydrogens is 216 g/mol. The van der Waals surface area contributed by atoms with Crippen molar-refractivity contribution >= 4 is 11.9 Å². The van der Waals surface area contributed by atoms with E-state index >= 15 is 0 Å². The van der Waals surface area contributed by atoms with Crippen LogP contribution in [0.3, 0.4) is 0 Å². The Hall–Kier alpha value is -1.97. The molecular formula is C13H14N2O2. The van der Waals surface area contributed by atoms with Crippen molar-refractivity contribution in [1.82, 2.24) is 0 Å². The highest BCUT2D eigenvalue weighted by molar-refractivity contribution is 5.65. The number of rotatable bonds is 2. The van der Waals surface area contributed by atoms with Crippen molar-refractivity contribution in [1.29, 1.82) is 0 Å². The first-order chi connectivity index (χ1) is 8.11. The Morgan fingerprint density at radius 1 is 1.35 bits per heavy atom. The van der Waals surface area contributed by atoms with E-state index in [4.69, 9.17) is 0 Å². The van der Waals surface area contributed by atoms with Crippen molar-refractivity contribution < 1.29 is 4.92 Å². The lowest BCUT2D eigenvalue weighted by Gasteiger charge is -2.20. The minimum atomic E-state index is -0.316. The van der Waals surface area contributed by atoms with Crippen LogP contribution in [-0.4, -0.2) is 11.1 Å². The standard InChI is InChI=1S/C13H14N2O2/c1-9-10(2)14-8-7-11(9)12-5-3-4-6-13(12)15(16)17/h3-6,8,11H,7H2,1-2H3. The molecule has 0 spiro atoms. The lowest BCUT2D eigenvalue weighted by molar-refractivity contribution is -0.385. The number of nitrogens with zero attached hydrogens (tertiary/aromatic N) is 2. The van der Waals surface area contributed by atoms with Crippen LogP contribution in [-0.2, 0) is 0 Å². The molecule has 1 unspecified atom stereocenters. The number of hydrogen-bond acceptors (Lipinski definition) is 3. The zero-order valence-corrected chi connectivity index (χ0v) is 9.88. The zero-order valence-electron chi connectivity index (χ0n) is 9.88. The Kier molecular flexibility index (Phi) is 3.04. The predicted molar refractivity (Wildman–Crippen MR) is 67.3 cm³/mol. The fourth-order valence-corrected chi connectivity index (χ4v) is 2.13. The van der Waals surface area contributed by atoms with Crippen molar-refractivity contribution in [3.63, 3.8) is 0 Å². The second-order valence-corrected chi connectivity index (χ2v) is 4.18. The second kappa shape index (κ2) is 4.49. The molecule has 0 radical (unpaired) electrons. The Bertz CT molecular complexity index is 518. The van der Waals surface area contributed by atoms with Crippen molar-refractivity contribution in [3.05, 3.63) is 51.2 Å². The van der Waals surface area contributed by atoms with Gasteiger partial charge in [0.1, 0.15) is 0 Å². The first-order valence-electron chi connectivity index (χ1n) is 5.54.